The first-order valence-electron chi connectivity index (χ1n) is 10.1. The van der Waals surface area contributed by atoms with E-state index in [4.69, 9.17) is 11.6 Å². The van der Waals surface area contributed by atoms with E-state index in [1.165, 1.54) is 24.7 Å². The molecule has 0 atom stereocenters. The number of hydrogen-bond donors (Lipinski definition) is 1. The number of aryl methyl sites for hydroxylation is 1. The summed E-state index contributed by atoms with van der Waals surface area (Å²) in [5, 5.41) is 3.26. The molecule has 3 aromatic rings. The molecule has 3 aromatic carbocycles. The standard InChI is InChI=1S/C24H25ClN2O3S/c1-3-4-7-18-12-14-21(15-13-18)26-24(28)19-8-5-11-23(16-19)31(29,30)27(2)22-10-6-9-20(25)17-22/h5-6,8-17H,3-4,7H2,1-2H3,(H,26,28). The molecule has 0 aliphatic rings. The van der Waals surface area contributed by atoms with E-state index < -0.39 is 10.0 Å². The minimum atomic E-state index is -3.86. The lowest BCUT2D eigenvalue weighted by atomic mass is 10.1. The highest BCUT2D eigenvalue weighted by molar-refractivity contribution is 7.92. The molecule has 162 valence electrons. The molecule has 0 heterocycles. The molecule has 0 aromatic heterocycles. The van der Waals surface area contributed by atoms with Crippen molar-refractivity contribution in [3.05, 3.63) is 88.9 Å². The van der Waals surface area contributed by atoms with Crippen molar-refractivity contribution in [2.45, 2.75) is 31.1 Å². The molecule has 3 rings (SSSR count). The van der Waals surface area contributed by atoms with Gasteiger partial charge in [-0.1, -0.05) is 49.2 Å². The summed E-state index contributed by atoms with van der Waals surface area (Å²) in [6.07, 6.45) is 3.26. The van der Waals surface area contributed by atoms with Crippen LogP contribution in [0.15, 0.2) is 77.7 Å². The van der Waals surface area contributed by atoms with Crippen molar-refractivity contribution in [3.8, 4) is 0 Å². The Labute approximate surface area is 188 Å². The Hall–Kier alpha value is -2.83. The molecule has 0 unspecified atom stereocenters. The van der Waals surface area contributed by atoms with Gasteiger partial charge in [-0.15, -0.1) is 0 Å². The Morgan fingerprint density at radius 1 is 1.00 bits per heavy atom. The van der Waals surface area contributed by atoms with E-state index in [2.05, 4.69) is 12.2 Å². The molecule has 0 saturated carbocycles. The lowest BCUT2D eigenvalue weighted by molar-refractivity contribution is 0.102. The Kier molecular flexibility index (Phi) is 7.36. The van der Waals surface area contributed by atoms with Crippen molar-refractivity contribution >= 4 is 38.9 Å². The number of amides is 1. The van der Waals surface area contributed by atoms with Gasteiger partial charge < -0.3 is 5.32 Å². The van der Waals surface area contributed by atoms with Gasteiger partial charge in [0.1, 0.15) is 0 Å². The van der Waals surface area contributed by atoms with Gasteiger partial charge >= 0.3 is 0 Å². The van der Waals surface area contributed by atoms with Crippen LogP contribution in [0.4, 0.5) is 11.4 Å². The number of nitrogens with zero attached hydrogens (tertiary/aromatic N) is 1. The number of carbonyl (C=O) groups excluding carboxylic acids is 1. The van der Waals surface area contributed by atoms with Gasteiger partial charge in [0, 0.05) is 23.3 Å². The first-order valence-corrected chi connectivity index (χ1v) is 11.9. The summed E-state index contributed by atoms with van der Waals surface area (Å²) in [6.45, 7) is 2.15. The fourth-order valence-corrected chi connectivity index (χ4v) is 4.52. The van der Waals surface area contributed by atoms with Crippen LogP contribution >= 0.6 is 11.6 Å². The highest BCUT2D eigenvalue weighted by Crippen LogP contribution is 2.25. The van der Waals surface area contributed by atoms with E-state index in [9.17, 15) is 13.2 Å². The molecule has 0 radical (unpaired) electrons. The fraction of sp³-hybridized carbons (Fsp3) is 0.208. The van der Waals surface area contributed by atoms with Crippen LogP contribution in [-0.2, 0) is 16.4 Å². The summed E-state index contributed by atoms with van der Waals surface area (Å²) in [7, 11) is -2.41. The minimum absolute atomic E-state index is 0.0255. The number of unbranched alkanes of at least 4 members (excludes halogenated alkanes) is 1. The topological polar surface area (TPSA) is 66.5 Å². The molecule has 31 heavy (non-hydrogen) atoms. The van der Waals surface area contributed by atoms with Crippen molar-refractivity contribution in [1.82, 2.24) is 0 Å². The summed E-state index contributed by atoms with van der Waals surface area (Å²) >= 11 is 5.99. The Morgan fingerprint density at radius 3 is 2.39 bits per heavy atom. The van der Waals surface area contributed by atoms with Crippen molar-refractivity contribution in [2.24, 2.45) is 0 Å². The van der Waals surface area contributed by atoms with Crippen molar-refractivity contribution in [1.29, 1.82) is 0 Å². The molecule has 1 amide bonds. The number of nitrogens with one attached hydrogen (secondary N) is 1. The van der Waals surface area contributed by atoms with Gasteiger partial charge in [-0.2, -0.15) is 0 Å². The molecule has 0 aliphatic heterocycles. The van der Waals surface area contributed by atoms with Gasteiger partial charge in [0.25, 0.3) is 15.9 Å². The first-order chi connectivity index (χ1) is 14.8. The molecule has 0 bridgehead atoms. The van der Waals surface area contributed by atoms with Crippen molar-refractivity contribution in [3.63, 3.8) is 0 Å². The predicted molar refractivity (Wildman–Crippen MR) is 126 cm³/mol. The van der Waals surface area contributed by atoms with Crippen LogP contribution in [0.5, 0.6) is 0 Å². The third kappa shape index (κ3) is 5.66. The molecule has 0 saturated heterocycles. The molecule has 7 heteroatoms. The average molecular weight is 457 g/mol. The second-order valence-electron chi connectivity index (χ2n) is 7.23. The third-order valence-corrected chi connectivity index (χ3v) is 6.97. The van der Waals surface area contributed by atoms with E-state index in [1.54, 1.807) is 36.4 Å². The lowest BCUT2D eigenvalue weighted by Gasteiger charge is -2.20. The van der Waals surface area contributed by atoms with Crippen LogP contribution in [0, 0.1) is 0 Å². The van der Waals surface area contributed by atoms with Crippen LogP contribution < -0.4 is 9.62 Å². The van der Waals surface area contributed by atoms with Crippen LogP contribution in [0.25, 0.3) is 0 Å². The highest BCUT2D eigenvalue weighted by atomic mass is 35.5. The number of sulfonamides is 1. The SMILES string of the molecule is CCCCc1ccc(NC(=O)c2cccc(S(=O)(=O)N(C)c3cccc(Cl)c3)c2)cc1. The fourth-order valence-electron chi connectivity index (χ4n) is 3.11. The zero-order valence-corrected chi connectivity index (χ0v) is 19.1. The molecular weight excluding hydrogens is 432 g/mol. The zero-order valence-electron chi connectivity index (χ0n) is 17.5. The second kappa shape index (κ2) is 9.98. The first kappa shape index (κ1) is 22.8. The van der Waals surface area contributed by atoms with Gasteiger partial charge in [-0.05, 0) is 66.9 Å². The highest BCUT2D eigenvalue weighted by Gasteiger charge is 2.22. The van der Waals surface area contributed by atoms with Crippen LogP contribution in [-0.4, -0.2) is 21.4 Å². The average Bonchev–Trinajstić information content (AvgIpc) is 2.78. The number of benzene rings is 3. The molecule has 0 aliphatic carbocycles. The number of anilines is 2. The van der Waals surface area contributed by atoms with E-state index in [0.717, 1.165) is 23.6 Å². The van der Waals surface area contributed by atoms with Gasteiger partial charge in [0.15, 0.2) is 0 Å². The Balaban J connectivity index is 1.78. The monoisotopic (exact) mass is 456 g/mol. The predicted octanol–water partition coefficient (Wildman–Crippen LogP) is 5.76. The maximum Gasteiger partial charge on any atom is 0.264 e. The Bertz CT molecular complexity index is 1160. The maximum absolute atomic E-state index is 13.1. The summed E-state index contributed by atoms with van der Waals surface area (Å²) in [5.41, 5.74) is 2.58. The Morgan fingerprint density at radius 2 is 1.71 bits per heavy atom. The molecule has 0 fully saturated rings. The van der Waals surface area contributed by atoms with Gasteiger partial charge in [0.2, 0.25) is 0 Å². The second-order valence-corrected chi connectivity index (χ2v) is 9.64. The van der Waals surface area contributed by atoms with Crippen LogP contribution in [0.2, 0.25) is 5.02 Å². The normalized spacial score (nSPS) is 11.2. The summed E-state index contributed by atoms with van der Waals surface area (Å²) in [4.78, 5) is 12.7. The maximum atomic E-state index is 13.1. The van der Waals surface area contributed by atoms with E-state index in [1.807, 2.05) is 24.3 Å². The quantitative estimate of drug-likeness (QED) is 0.468. The third-order valence-electron chi connectivity index (χ3n) is 4.96. The number of hydrogen-bond acceptors (Lipinski definition) is 3. The van der Waals surface area contributed by atoms with Gasteiger partial charge in [-0.25, -0.2) is 8.42 Å². The summed E-state index contributed by atoms with van der Waals surface area (Å²) < 4.78 is 27.2. The van der Waals surface area contributed by atoms with Crippen molar-refractivity contribution in [2.75, 3.05) is 16.7 Å². The molecule has 0 spiro atoms. The summed E-state index contributed by atoms with van der Waals surface area (Å²) in [5.74, 6) is -0.372. The van der Waals surface area contributed by atoms with Crippen LogP contribution in [0.1, 0.15) is 35.7 Å². The zero-order chi connectivity index (χ0) is 22.4. The van der Waals surface area contributed by atoms with Crippen LogP contribution in [0.3, 0.4) is 0 Å². The van der Waals surface area contributed by atoms with E-state index >= 15 is 0 Å². The van der Waals surface area contributed by atoms with E-state index in [-0.39, 0.29) is 16.4 Å². The lowest BCUT2D eigenvalue weighted by Crippen LogP contribution is -2.26. The largest absolute Gasteiger partial charge is 0.322 e. The smallest absolute Gasteiger partial charge is 0.264 e. The number of halogens is 1. The molecule has 5 nitrogen and oxygen atoms in total. The molecular formula is C24H25ClN2O3S. The number of rotatable bonds is 8. The number of carbonyl (C=O) groups is 1. The molecule has 1 N–H and O–H groups in total. The van der Waals surface area contributed by atoms with Crippen molar-refractivity contribution < 1.29 is 13.2 Å². The van der Waals surface area contributed by atoms with Gasteiger partial charge in [-0.3, -0.25) is 9.10 Å². The summed E-state index contributed by atoms with van der Waals surface area (Å²) in [6, 6.07) is 20.3. The minimum Gasteiger partial charge on any atom is -0.322 e. The van der Waals surface area contributed by atoms with E-state index in [0.29, 0.717) is 16.4 Å². The van der Waals surface area contributed by atoms with Gasteiger partial charge in [0.05, 0.1) is 10.6 Å².